The molecule has 1 aliphatic carbocycles. The Balaban J connectivity index is 1.45. The molecule has 2 amide bonds. The highest BCUT2D eigenvalue weighted by Gasteiger charge is 2.35. The number of hydrogen-bond donors (Lipinski definition) is 0. The molecule has 4 rings (SSSR count). The Labute approximate surface area is 194 Å². The van der Waals surface area contributed by atoms with Gasteiger partial charge in [0.2, 0.25) is 0 Å². The molecule has 1 saturated carbocycles. The molecular formula is C26H32N2O3S. The quantitative estimate of drug-likeness (QED) is 0.480. The summed E-state index contributed by atoms with van der Waals surface area (Å²) in [5.41, 5.74) is 5.59. The van der Waals surface area contributed by atoms with Crippen LogP contribution in [0.15, 0.2) is 29.2 Å². The number of carbonyl (C=O) groups excluding carboxylic acids is 2. The summed E-state index contributed by atoms with van der Waals surface area (Å²) in [6, 6.07) is 8.71. The maximum absolute atomic E-state index is 12.9. The van der Waals surface area contributed by atoms with Crippen molar-refractivity contribution in [1.82, 2.24) is 9.47 Å². The van der Waals surface area contributed by atoms with Gasteiger partial charge < -0.3 is 9.30 Å². The fourth-order valence-electron chi connectivity index (χ4n) is 4.79. The molecule has 2 aromatic rings. The summed E-state index contributed by atoms with van der Waals surface area (Å²) in [5, 5.41) is -0.230. The van der Waals surface area contributed by atoms with Crippen LogP contribution < -0.4 is 4.74 Å². The normalized spacial score (nSPS) is 18.8. The van der Waals surface area contributed by atoms with Gasteiger partial charge in [0.1, 0.15) is 12.4 Å². The highest BCUT2D eigenvalue weighted by atomic mass is 32.2. The van der Waals surface area contributed by atoms with E-state index in [1.165, 1.54) is 48.4 Å². The van der Waals surface area contributed by atoms with Crippen molar-refractivity contribution in [2.45, 2.75) is 65.8 Å². The number of carbonyl (C=O) groups is 2. The van der Waals surface area contributed by atoms with E-state index in [9.17, 15) is 9.59 Å². The Kier molecular flexibility index (Phi) is 6.79. The number of hydrogen-bond acceptors (Lipinski definition) is 4. The van der Waals surface area contributed by atoms with Crippen molar-refractivity contribution in [3.05, 3.63) is 57.2 Å². The fourth-order valence-corrected chi connectivity index (χ4v) is 5.65. The maximum atomic E-state index is 12.9. The van der Waals surface area contributed by atoms with Crippen molar-refractivity contribution in [3.8, 4) is 5.75 Å². The van der Waals surface area contributed by atoms with Crippen LogP contribution in [0.3, 0.4) is 0 Å². The largest absolute Gasteiger partial charge is 0.491 e. The molecule has 6 heteroatoms. The molecule has 1 saturated heterocycles. The summed E-state index contributed by atoms with van der Waals surface area (Å²) >= 11 is 1.02. The topological polar surface area (TPSA) is 51.5 Å². The zero-order valence-corrected chi connectivity index (χ0v) is 20.3. The highest BCUT2D eigenvalue weighted by molar-refractivity contribution is 8.18. The molecule has 0 bridgehead atoms. The number of amides is 2. The third-order valence-corrected chi connectivity index (χ3v) is 7.45. The molecule has 2 heterocycles. The minimum atomic E-state index is -0.230. The average molecular weight is 453 g/mol. The van der Waals surface area contributed by atoms with E-state index in [0.29, 0.717) is 10.9 Å². The van der Waals surface area contributed by atoms with Crippen LogP contribution in [0.25, 0.3) is 6.08 Å². The molecule has 0 radical (unpaired) electrons. The summed E-state index contributed by atoms with van der Waals surface area (Å²) < 4.78 is 8.28. The molecule has 0 atom stereocenters. The minimum Gasteiger partial charge on any atom is -0.491 e. The molecule has 32 heavy (non-hydrogen) atoms. The first-order valence-electron chi connectivity index (χ1n) is 11.5. The molecule has 1 aromatic heterocycles. The van der Waals surface area contributed by atoms with Gasteiger partial charge >= 0.3 is 0 Å². The van der Waals surface area contributed by atoms with E-state index >= 15 is 0 Å². The van der Waals surface area contributed by atoms with E-state index in [0.717, 1.165) is 34.2 Å². The Hall–Kier alpha value is -2.47. The van der Waals surface area contributed by atoms with Gasteiger partial charge in [0.05, 0.1) is 11.4 Å². The highest BCUT2D eigenvalue weighted by Crippen LogP contribution is 2.36. The van der Waals surface area contributed by atoms with E-state index in [-0.39, 0.29) is 24.3 Å². The predicted octanol–water partition coefficient (Wildman–Crippen LogP) is 6.34. The zero-order chi connectivity index (χ0) is 22.8. The molecule has 1 aromatic carbocycles. The number of thioether (sulfide) groups is 1. The predicted molar refractivity (Wildman–Crippen MR) is 130 cm³/mol. The molecule has 0 unspecified atom stereocenters. The van der Waals surface area contributed by atoms with Crippen LogP contribution in [0.4, 0.5) is 4.79 Å². The number of benzene rings is 1. The minimum absolute atomic E-state index is 0.230. The summed E-state index contributed by atoms with van der Waals surface area (Å²) in [5.74, 6) is 0.565. The van der Waals surface area contributed by atoms with E-state index in [1.54, 1.807) is 0 Å². The van der Waals surface area contributed by atoms with E-state index in [1.807, 2.05) is 38.1 Å². The molecular weight excluding hydrogens is 420 g/mol. The van der Waals surface area contributed by atoms with Gasteiger partial charge in [0, 0.05) is 17.4 Å². The molecule has 0 N–H and O–H groups in total. The summed E-state index contributed by atoms with van der Waals surface area (Å²) in [4.78, 5) is 27.2. The molecule has 5 nitrogen and oxygen atoms in total. The third kappa shape index (κ3) is 4.65. The second-order valence-electron chi connectivity index (χ2n) is 8.94. The van der Waals surface area contributed by atoms with Crippen LogP contribution >= 0.6 is 11.8 Å². The van der Waals surface area contributed by atoms with Crippen LogP contribution in [-0.4, -0.2) is 33.8 Å². The Morgan fingerprint density at radius 1 is 1.06 bits per heavy atom. The van der Waals surface area contributed by atoms with Gasteiger partial charge in [-0.15, -0.1) is 0 Å². The van der Waals surface area contributed by atoms with Gasteiger partial charge in [-0.2, -0.15) is 0 Å². The Morgan fingerprint density at radius 2 is 1.81 bits per heavy atom. The van der Waals surface area contributed by atoms with Crippen molar-refractivity contribution >= 4 is 29.0 Å². The summed E-state index contributed by atoms with van der Waals surface area (Å²) in [7, 11) is 0. The monoisotopic (exact) mass is 452 g/mol. The van der Waals surface area contributed by atoms with Crippen molar-refractivity contribution in [2.75, 3.05) is 13.2 Å². The van der Waals surface area contributed by atoms with Crippen molar-refractivity contribution in [1.29, 1.82) is 0 Å². The number of ether oxygens (including phenoxy) is 1. The lowest BCUT2D eigenvalue weighted by atomic mass is 9.95. The van der Waals surface area contributed by atoms with Crippen molar-refractivity contribution in [2.24, 2.45) is 0 Å². The lowest BCUT2D eigenvalue weighted by Gasteiger charge is -2.26. The number of rotatable bonds is 6. The van der Waals surface area contributed by atoms with Gasteiger partial charge in [-0.05, 0) is 87.2 Å². The smallest absolute Gasteiger partial charge is 0.293 e. The summed E-state index contributed by atoms with van der Waals surface area (Å²) in [6.07, 6.45) is 8.20. The SMILES string of the molecule is Cc1ccc(C)c(OCCN2C(=O)S/C(=C\c3cc(C)n(C4CCCCC4)c3C)C2=O)c1. The average Bonchev–Trinajstić information content (AvgIpc) is 3.20. The molecule has 170 valence electrons. The van der Waals surface area contributed by atoms with E-state index < -0.39 is 0 Å². The van der Waals surface area contributed by atoms with Crippen LogP contribution in [0.5, 0.6) is 5.75 Å². The first-order valence-corrected chi connectivity index (χ1v) is 12.3. The number of imide groups is 1. The standard InChI is InChI=1S/C26H32N2O3S/c1-17-10-11-18(2)23(14-17)31-13-12-27-25(29)24(32-26(27)30)16-21-15-19(3)28(20(21)4)22-8-6-5-7-9-22/h10-11,14-16,22H,5-9,12-13H2,1-4H3/b24-16-. The van der Waals surface area contributed by atoms with Crippen LogP contribution in [-0.2, 0) is 4.79 Å². The Bertz CT molecular complexity index is 1060. The van der Waals surface area contributed by atoms with Crippen LogP contribution in [0.2, 0.25) is 0 Å². The lowest BCUT2D eigenvalue weighted by Crippen LogP contribution is -2.32. The fraction of sp³-hybridized carbons (Fsp3) is 0.462. The number of nitrogens with zero attached hydrogens (tertiary/aromatic N) is 2. The van der Waals surface area contributed by atoms with E-state index in [2.05, 4.69) is 24.5 Å². The number of aryl methyl sites for hydroxylation is 3. The van der Waals surface area contributed by atoms with Crippen LogP contribution in [0, 0.1) is 27.7 Å². The van der Waals surface area contributed by atoms with Gasteiger partial charge in [-0.25, -0.2) is 0 Å². The maximum Gasteiger partial charge on any atom is 0.293 e. The first-order chi connectivity index (χ1) is 15.3. The van der Waals surface area contributed by atoms with Gasteiger partial charge in [0.15, 0.2) is 0 Å². The first kappa shape index (κ1) is 22.7. The van der Waals surface area contributed by atoms with Gasteiger partial charge in [-0.3, -0.25) is 14.5 Å². The zero-order valence-electron chi connectivity index (χ0n) is 19.4. The molecule has 1 aliphatic heterocycles. The molecule has 2 fully saturated rings. The molecule has 0 spiro atoms. The Morgan fingerprint density at radius 3 is 2.56 bits per heavy atom. The second kappa shape index (κ2) is 9.57. The van der Waals surface area contributed by atoms with Crippen LogP contribution in [0.1, 0.15) is 66.2 Å². The molecule has 2 aliphatic rings. The van der Waals surface area contributed by atoms with Crippen molar-refractivity contribution in [3.63, 3.8) is 0 Å². The van der Waals surface area contributed by atoms with E-state index in [4.69, 9.17) is 4.74 Å². The summed E-state index contributed by atoms with van der Waals surface area (Å²) in [6.45, 7) is 8.79. The third-order valence-electron chi connectivity index (χ3n) is 6.54. The number of aromatic nitrogens is 1. The second-order valence-corrected chi connectivity index (χ2v) is 9.93. The van der Waals surface area contributed by atoms with Crippen molar-refractivity contribution < 1.29 is 14.3 Å². The lowest BCUT2D eigenvalue weighted by molar-refractivity contribution is -0.123. The van der Waals surface area contributed by atoms with Gasteiger partial charge in [0.25, 0.3) is 11.1 Å². The van der Waals surface area contributed by atoms with Gasteiger partial charge in [-0.1, -0.05) is 31.4 Å².